The van der Waals surface area contributed by atoms with Gasteiger partial charge in [-0.05, 0) is 12.5 Å². The van der Waals surface area contributed by atoms with Crippen molar-refractivity contribution in [1.29, 1.82) is 0 Å². The topological polar surface area (TPSA) is 69.7 Å². The summed E-state index contributed by atoms with van der Waals surface area (Å²) in [4.78, 5) is 40.5. The van der Waals surface area contributed by atoms with Gasteiger partial charge in [-0.2, -0.15) is 0 Å². The fourth-order valence-corrected chi connectivity index (χ4v) is 3.54. The number of amides is 3. The number of benzene rings is 1. The number of nitrogens with one attached hydrogen (secondary N) is 1. The van der Waals surface area contributed by atoms with Gasteiger partial charge in [-0.3, -0.25) is 14.4 Å². The highest BCUT2D eigenvalue weighted by Crippen LogP contribution is 2.29. The molecule has 0 bridgehead atoms. The molecule has 1 aromatic rings. The number of carbonyl (C=O) groups is 3. The predicted octanol–water partition coefficient (Wildman–Crippen LogP) is 0.945. The molecule has 2 atom stereocenters. The normalized spacial score (nSPS) is 24.7. The molecule has 0 aliphatic carbocycles. The van der Waals surface area contributed by atoms with Crippen LogP contribution in [0.5, 0.6) is 0 Å². The third kappa shape index (κ3) is 3.27. The molecule has 3 amide bonds. The van der Waals surface area contributed by atoms with Gasteiger partial charge in [-0.15, -0.1) is 0 Å². The van der Waals surface area contributed by atoms with Crippen LogP contribution < -0.4 is 5.32 Å². The van der Waals surface area contributed by atoms with Crippen LogP contribution in [0.4, 0.5) is 0 Å². The average molecular weight is 329 g/mol. The first-order valence-corrected chi connectivity index (χ1v) is 8.50. The molecule has 3 rings (SSSR count). The van der Waals surface area contributed by atoms with Gasteiger partial charge in [0.2, 0.25) is 17.7 Å². The summed E-state index contributed by atoms with van der Waals surface area (Å²) in [6, 6.07) is 9.37. The molecule has 6 heteroatoms. The third-order valence-electron chi connectivity index (χ3n) is 4.84. The predicted molar refractivity (Wildman–Crippen MR) is 88.9 cm³/mol. The zero-order valence-electron chi connectivity index (χ0n) is 13.9. The fraction of sp³-hybridized carbons (Fsp3) is 0.500. The van der Waals surface area contributed by atoms with E-state index < -0.39 is 0 Å². The van der Waals surface area contributed by atoms with Gasteiger partial charge >= 0.3 is 0 Å². The van der Waals surface area contributed by atoms with Crippen LogP contribution in [0.3, 0.4) is 0 Å². The van der Waals surface area contributed by atoms with E-state index in [1.165, 1.54) is 0 Å². The van der Waals surface area contributed by atoms with Gasteiger partial charge in [0, 0.05) is 32.6 Å². The van der Waals surface area contributed by atoms with Crippen LogP contribution in [-0.2, 0) is 14.4 Å². The molecule has 2 heterocycles. The Morgan fingerprint density at radius 2 is 1.96 bits per heavy atom. The molecule has 0 aromatic heterocycles. The molecule has 2 saturated heterocycles. The highest BCUT2D eigenvalue weighted by molar-refractivity contribution is 5.90. The maximum Gasteiger partial charge on any atom is 0.228 e. The maximum atomic E-state index is 13.1. The Morgan fingerprint density at radius 3 is 2.62 bits per heavy atom. The van der Waals surface area contributed by atoms with E-state index in [1.807, 2.05) is 37.3 Å². The Kier molecular flexibility index (Phi) is 4.83. The van der Waals surface area contributed by atoms with E-state index in [9.17, 15) is 14.4 Å². The SMILES string of the molecule is CCN1CC(C(=O)N2CCNC(=O)CC2c2ccccc2)CC1=O. The lowest BCUT2D eigenvalue weighted by Crippen LogP contribution is -2.41. The molecule has 2 unspecified atom stereocenters. The van der Waals surface area contributed by atoms with Crippen LogP contribution in [0.1, 0.15) is 31.4 Å². The van der Waals surface area contributed by atoms with E-state index in [0.29, 0.717) is 26.2 Å². The molecule has 1 N–H and O–H groups in total. The van der Waals surface area contributed by atoms with E-state index >= 15 is 0 Å². The van der Waals surface area contributed by atoms with Crippen molar-refractivity contribution in [2.45, 2.75) is 25.8 Å². The Hall–Kier alpha value is -2.37. The van der Waals surface area contributed by atoms with Gasteiger partial charge in [0.15, 0.2) is 0 Å². The molecular weight excluding hydrogens is 306 g/mol. The van der Waals surface area contributed by atoms with Crippen LogP contribution in [0, 0.1) is 5.92 Å². The molecule has 2 aliphatic rings. The molecule has 128 valence electrons. The number of nitrogens with zero attached hydrogens (tertiary/aromatic N) is 2. The van der Waals surface area contributed by atoms with E-state index in [1.54, 1.807) is 9.80 Å². The Labute approximate surface area is 141 Å². The summed E-state index contributed by atoms with van der Waals surface area (Å²) in [7, 11) is 0. The molecule has 2 fully saturated rings. The first kappa shape index (κ1) is 16.5. The van der Waals surface area contributed by atoms with Gasteiger partial charge in [0.25, 0.3) is 0 Å². The number of hydrogen-bond donors (Lipinski definition) is 1. The summed E-state index contributed by atoms with van der Waals surface area (Å²) in [5.41, 5.74) is 0.958. The summed E-state index contributed by atoms with van der Waals surface area (Å²) >= 11 is 0. The van der Waals surface area contributed by atoms with Gasteiger partial charge in [0.05, 0.1) is 18.4 Å². The first-order chi connectivity index (χ1) is 11.6. The minimum atomic E-state index is -0.308. The van der Waals surface area contributed by atoms with E-state index in [4.69, 9.17) is 0 Å². The summed E-state index contributed by atoms with van der Waals surface area (Å²) in [5, 5.41) is 2.84. The van der Waals surface area contributed by atoms with E-state index in [0.717, 1.165) is 5.56 Å². The van der Waals surface area contributed by atoms with Crippen LogP contribution in [-0.4, -0.2) is 53.7 Å². The standard InChI is InChI=1S/C18H23N3O3/c1-2-20-12-14(10-17(20)23)18(24)21-9-8-19-16(22)11-15(21)13-6-4-3-5-7-13/h3-7,14-15H,2,8-12H2,1H3,(H,19,22). The van der Waals surface area contributed by atoms with Gasteiger partial charge < -0.3 is 15.1 Å². The van der Waals surface area contributed by atoms with Crippen LogP contribution >= 0.6 is 0 Å². The summed E-state index contributed by atoms with van der Waals surface area (Å²) in [6.07, 6.45) is 0.528. The molecule has 6 nitrogen and oxygen atoms in total. The second-order valence-electron chi connectivity index (χ2n) is 6.35. The molecule has 0 spiro atoms. The van der Waals surface area contributed by atoms with Crippen molar-refractivity contribution in [2.75, 3.05) is 26.2 Å². The van der Waals surface area contributed by atoms with Crippen molar-refractivity contribution in [3.8, 4) is 0 Å². The van der Waals surface area contributed by atoms with Gasteiger partial charge in [-0.1, -0.05) is 30.3 Å². The second kappa shape index (κ2) is 7.03. The summed E-state index contributed by atoms with van der Waals surface area (Å²) in [5.74, 6) is -0.338. The third-order valence-corrected chi connectivity index (χ3v) is 4.84. The lowest BCUT2D eigenvalue weighted by atomic mass is 9.99. The van der Waals surface area contributed by atoms with Crippen molar-refractivity contribution < 1.29 is 14.4 Å². The average Bonchev–Trinajstić information content (AvgIpc) is 2.86. The van der Waals surface area contributed by atoms with Crippen molar-refractivity contribution >= 4 is 17.7 Å². The van der Waals surface area contributed by atoms with Crippen molar-refractivity contribution in [3.05, 3.63) is 35.9 Å². The summed E-state index contributed by atoms with van der Waals surface area (Å²) < 4.78 is 0. The number of carbonyl (C=O) groups excluding carboxylic acids is 3. The van der Waals surface area contributed by atoms with Crippen molar-refractivity contribution in [3.63, 3.8) is 0 Å². The Bertz CT molecular complexity index is 632. The summed E-state index contributed by atoms with van der Waals surface area (Å²) in [6.45, 7) is 3.96. The molecule has 2 aliphatic heterocycles. The lowest BCUT2D eigenvalue weighted by molar-refractivity contribution is -0.138. The number of rotatable bonds is 3. The molecule has 0 radical (unpaired) electrons. The number of hydrogen-bond acceptors (Lipinski definition) is 3. The largest absolute Gasteiger partial charge is 0.354 e. The quantitative estimate of drug-likeness (QED) is 0.897. The second-order valence-corrected chi connectivity index (χ2v) is 6.35. The minimum absolute atomic E-state index is 0.0235. The van der Waals surface area contributed by atoms with E-state index in [2.05, 4.69) is 5.32 Å². The highest BCUT2D eigenvalue weighted by Gasteiger charge is 2.39. The van der Waals surface area contributed by atoms with Crippen LogP contribution in [0.15, 0.2) is 30.3 Å². The van der Waals surface area contributed by atoms with Crippen LogP contribution in [0.25, 0.3) is 0 Å². The molecular formula is C18H23N3O3. The fourth-order valence-electron chi connectivity index (χ4n) is 3.54. The minimum Gasteiger partial charge on any atom is -0.354 e. The van der Waals surface area contributed by atoms with Gasteiger partial charge in [0.1, 0.15) is 0 Å². The Morgan fingerprint density at radius 1 is 1.21 bits per heavy atom. The zero-order chi connectivity index (χ0) is 17.1. The lowest BCUT2D eigenvalue weighted by Gasteiger charge is -2.31. The number of likely N-dealkylation sites (tertiary alicyclic amines) is 1. The molecule has 0 saturated carbocycles. The van der Waals surface area contributed by atoms with Gasteiger partial charge in [-0.25, -0.2) is 0 Å². The van der Waals surface area contributed by atoms with E-state index in [-0.39, 0.29) is 42.5 Å². The monoisotopic (exact) mass is 329 g/mol. The Balaban J connectivity index is 1.84. The smallest absolute Gasteiger partial charge is 0.228 e. The van der Waals surface area contributed by atoms with Crippen LogP contribution in [0.2, 0.25) is 0 Å². The van der Waals surface area contributed by atoms with Crippen molar-refractivity contribution in [2.24, 2.45) is 5.92 Å². The van der Waals surface area contributed by atoms with Crippen molar-refractivity contribution in [1.82, 2.24) is 15.1 Å². The maximum absolute atomic E-state index is 13.1. The zero-order valence-corrected chi connectivity index (χ0v) is 13.9. The first-order valence-electron chi connectivity index (χ1n) is 8.50. The molecule has 1 aromatic carbocycles. The molecule has 24 heavy (non-hydrogen) atoms. The highest BCUT2D eigenvalue weighted by atomic mass is 16.2.